The molecule has 4 atom stereocenters. The first kappa shape index (κ1) is 23.7. The first-order valence-electron chi connectivity index (χ1n) is 11.8. The van der Waals surface area contributed by atoms with Crippen LogP contribution in [-0.4, -0.2) is 35.0 Å². The van der Waals surface area contributed by atoms with Crippen LogP contribution in [0.15, 0.2) is 78.9 Å². The molecule has 0 saturated carbocycles. The maximum absolute atomic E-state index is 14.9. The number of hydrogen-bond donors (Lipinski definition) is 2. The van der Waals surface area contributed by atoms with Gasteiger partial charge in [-0.2, -0.15) is 0 Å². The lowest BCUT2D eigenvalue weighted by molar-refractivity contribution is -0.148. The van der Waals surface area contributed by atoms with E-state index >= 15 is 0 Å². The molecule has 2 N–H and O–H groups in total. The van der Waals surface area contributed by atoms with Gasteiger partial charge in [0.1, 0.15) is 17.1 Å². The Hall–Kier alpha value is -4.04. The molecule has 8 heteroatoms. The fourth-order valence-corrected chi connectivity index (χ4v) is 5.46. The predicted octanol–water partition coefficient (Wildman–Crippen LogP) is 3.74. The molecule has 2 aliphatic heterocycles. The van der Waals surface area contributed by atoms with Crippen LogP contribution in [0.25, 0.3) is 0 Å². The van der Waals surface area contributed by atoms with Crippen molar-refractivity contribution in [1.82, 2.24) is 5.32 Å². The van der Waals surface area contributed by atoms with E-state index in [1.54, 1.807) is 54.6 Å². The standard InChI is InChI=1S/C28H25FN2O5/c1-2-36-19-14-12-18(13-15-19)31-25(32)22-23(26(31)33)28(27(34)35,16-17-8-4-3-5-9-17)30-24(22)20-10-6-7-11-21(20)29/h3-15,22-24,30H,2,16H2,1H3,(H,34,35)/t22-,23+,24-,28+/m0/s1. The second-order valence-corrected chi connectivity index (χ2v) is 9.02. The molecule has 184 valence electrons. The number of carbonyl (C=O) groups excluding carboxylic acids is 2. The highest BCUT2D eigenvalue weighted by Crippen LogP contribution is 2.51. The van der Waals surface area contributed by atoms with E-state index in [1.807, 2.05) is 13.0 Å². The third-order valence-electron chi connectivity index (χ3n) is 7.01. The van der Waals surface area contributed by atoms with Crippen molar-refractivity contribution in [2.45, 2.75) is 24.9 Å². The number of fused-ring (bicyclic) bond motifs is 1. The maximum atomic E-state index is 14.9. The summed E-state index contributed by atoms with van der Waals surface area (Å²) in [5, 5.41) is 13.6. The van der Waals surface area contributed by atoms with Gasteiger partial charge in [-0.25, -0.2) is 9.29 Å². The number of amides is 2. The predicted molar refractivity (Wildman–Crippen MR) is 130 cm³/mol. The van der Waals surface area contributed by atoms with E-state index < -0.39 is 47.0 Å². The first-order chi connectivity index (χ1) is 17.4. The molecule has 2 fully saturated rings. The molecule has 2 saturated heterocycles. The molecule has 7 nitrogen and oxygen atoms in total. The largest absolute Gasteiger partial charge is 0.494 e. The lowest BCUT2D eigenvalue weighted by atomic mass is 9.76. The Morgan fingerprint density at radius 2 is 1.67 bits per heavy atom. The summed E-state index contributed by atoms with van der Waals surface area (Å²) in [5.41, 5.74) is -0.668. The molecule has 5 rings (SSSR count). The lowest BCUT2D eigenvalue weighted by Crippen LogP contribution is -2.57. The van der Waals surface area contributed by atoms with Gasteiger partial charge in [0.15, 0.2) is 0 Å². The fourth-order valence-electron chi connectivity index (χ4n) is 5.46. The summed E-state index contributed by atoms with van der Waals surface area (Å²) < 4.78 is 20.4. The summed E-state index contributed by atoms with van der Waals surface area (Å²) >= 11 is 0. The molecule has 2 amide bonds. The Morgan fingerprint density at radius 3 is 2.31 bits per heavy atom. The highest BCUT2D eigenvalue weighted by atomic mass is 19.1. The van der Waals surface area contributed by atoms with Gasteiger partial charge >= 0.3 is 5.97 Å². The van der Waals surface area contributed by atoms with Crippen molar-refractivity contribution in [3.63, 3.8) is 0 Å². The molecule has 3 aromatic rings. The lowest BCUT2D eigenvalue weighted by Gasteiger charge is -2.31. The van der Waals surface area contributed by atoms with Crippen molar-refractivity contribution in [1.29, 1.82) is 0 Å². The molecular formula is C28H25FN2O5. The summed E-state index contributed by atoms with van der Waals surface area (Å²) in [6.07, 6.45) is -0.0502. The molecule has 0 unspecified atom stereocenters. The second kappa shape index (κ2) is 9.20. The minimum Gasteiger partial charge on any atom is -0.494 e. The van der Waals surface area contributed by atoms with Crippen molar-refractivity contribution < 1.29 is 28.6 Å². The zero-order valence-corrected chi connectivity index (χ0v) is 19.6. The van der Waals surface area contributed by atoms with Crippen LogP contribution in [-0.2, 0) is 20.8 Å². The minimum absolute atomic E-state index is 0.0502. The smallest absolute Gasteiger partial charge is 0.325 e. The monoisotopic (exact) mass is 488 g/mol. The summed E-state index contributed by atoms with van der Waals surface area (Å²) in [4.78, 5) is 41.6. The fraction of sp³-hybridized carbons (Fsp3) is 0.250. The average Bonchev–Trinajstić information content (AvgIpc) is 3.35. The number of nitrogens with one attached hydrogen (secondary N) is 1. The Kier molecular flexibility index (Phi) is 6.05. The van der Waals surface area contributed by atoms with Crippen molar-refractivity contribution in [2.24, 2.45) is 11.8 Å². The van der Waals surface area contributed by atoms with Crippen LogP contribution in [0, 0.1) is 17.7 Å². The van der Waals surface area contributed by atoms with Gasteiger partial charge < -0.3 is 9.84 Å². The zero-order chi connectivity index (χ0) is 25.4. The number of benzene rings is 3. The van der Waals surface area contributed by atoms with Crippen molar-refractivity contribution in [3.05, 3.63) is 95.8 Å². The van der Waals surface area contributed by atoms with E-state index in [1.165, 1.54) is 18.2 Å². The zero-order valence-electron chi connectivity index (χ0n) is 19.6. The third-order valence-corrected chi connectivity index (χ3v) is 7.01. The van der Waals surface area contributed by atoms with Gasteiger partial charge in [-0.05, 0) is 42.8 Å². The third kappa shape index (κ3) is 3.74. The Morgan fingerprint density at radius 1 is 1.00 bits per heavy atom. The summed E-state index contributed by atoms with van der Waals surface area (Å²) in [5.74, 6) is -4.79. The number of halogens is 1. The Balaban J connectivity index is 1.63. The number of nitrogens with zero attached hydrogens (tertiary/aromatic N) is 1. The average molecular weight is 489 g/mol. The first-order valence-corrected chi connectivity index (χ1v) is 11.8. The number of aliphatic carboxylic acids is 1. The van der Waals surface area contributed by atoms with Gasteiger partial charge in [-0.15, -0.1) is 0 Å². The number of ether oxygens (including phenoxy) is 1. The van der Waals surface area contributed by atoms with Gasteiger partial charge in [0.05, 0.1) is 24.1 Å². The number of carboxylic acids is 1. The molecule has 0 aromatic heterocycles. The van der Waals surface area contributed by atoms with E-state index in [0.717, 1.165) is 4.90 Å². The highest BCUT2D eigenvalue weighted by Gasteiger charge is 2.68. The second-order valence-electron chi connectivity index (χ2n) is 9.02. The number of anilines is 1. The molecule has 0 spiro atoms. The number of imide groups is 1. The van der Waals surface area contributed by atoms with Gasteiger partial charge in [-0.1, -0.05) is 48.5 Å². The normalized spacial score (nSPS) is 25.2. The molecule has 2 heterocycles. The van der Waals surface area contributed by atoms with Crippen LogP contribution >= 0.6 is 0 Å². The molecule has 0 bridgehead atoms. The molecular weight excluding hydrogens is 463 g/mol. The summed E-state index contributed by atoms with van der Waals surface area (Å²) in [6.45, 7) is 2.30. The van der Waals surface area contributed by atoms with Crippen LogP contribution < -0.4 is 15.0 Å². The topological polar surface area (TPSA) is 95.9 Å². The van der Waals surface area contributed by atoms with E-state index in [2.05, 4.69) is 5.32 Å². The maximum Gasteiger partial charge on any atom is 0.325 e. The Bertz CT molecular complexity index is 1310. The van der Waals surface area contributed by atoms with Crippen LogP contribution in [0.5, 0.6) is 5.75 Å². The molecule has 0 radical (unpaired) electrons. The molecule has 36 heavy (non-hydrogen) atoms. The number of carboxylic acid groups (broad SMARTS) is 1. The van der Waals surface area contributed by atoms with Gasteiger partial charge in [0, 0.05) is 18.0 Å². The van der Waals surface area contributed by atoms with Crippen molar-refractivity contribution in [2.75, 3.05) is 11.5 Å². The van der Waals surface area contributed by atoms with Crippen molar-refractivity contribution >= 4 is 23.5 Å². The molecule has 3 aromatic carbocycles. The van der Waals surface area contributed by atoms with E-state index in [4.69, 9.17) is 4.74 Å². The quantitative estimate of drug-likeness (QED) is 0.492. The van der Waals surface area contributed by atoms with E-state index in [0.29, 0.717) is 23.6 Å². The van der Waals surface area contributed by atoms with Crippen LogP contribution in [0.3, 0.4) is 0 Å². The van der Waals surface area contributed by atoms with Gasteiger partial charge in [0.2, 0.25) is 11.8 Å². The molecule has 2 aliphatic rings. The van der Waals surface area contributed by atoms with Crippen LogP contribution in [0.4, 0.5) is 10.1 Å². The van der Waals surface area contributed by atoms with Crippen LogP contribution in [0.1, 0.15) is 24.1 Å². The summed E-state index contributed by atoms with van der Waals surface area (Å²) in [7, 11) is 0. The highest BCUT2D eigenvalue weighted by molar-refractivity contribution is 6.24. The van der Waals surface area contributed by atoms with Crippen LogP contribution in [0.2, 0.25) is 0 Å². The van der Waals surface area contributed by atoms with Crippen molar-refractivity contribution in [3.8, 4) is 5.75 Å². The minimum atomic E-state index is -1.81. The summed E-state index contributed by atoms with van der Waals surface area (Å²) in [6, 6.07) is 20.3. The van der Waals surface area contributed by atoms with Gasteiger partial charge in [-0.3, -0.25) is 19.7 Å². The number of hydrogen-bond acceptors (Lipinski definition) is 5. The number of rotatable bonds is 7. The number of carbonyl (C=O) groups is 3. The SMILES string of the molecule is CCOc1ccc(N2C(=O)[C@@H]3[C@H](c4ccccc4F)N[C@@](Cc4ccccc4)(C(=O)O)[C@H]3C2=O)cc1. The molecule has 0 aliphatic carbocycles. The van der Waals surface area contributed by atoms with Gasteiger partial charge in [0.25, 0.3) is 0 Å². The van der Waals surface area contributed by atoms with E-state index in [9.17, 15) is 23.9 Å². The van der Waals surface area contributed by atoms with E-state index in [-0.39, 0.29) is 12.0 Å². The Labute approximate surface area is 207 Å².